The van der Waals surface area contributed by atoms with Gasteiger partial charge in [0.2, 0.25) is 0 Å². The van der Waals surface area contributed by atoms with Gasteiger partial charge in [0.15, 0.2) is 0 Å². The Bertz CT molecular complexity index is 471. The molecule has 2 N–H and O–H groups in total. The zero-order valence-corrected chi connectivity index (χ0v) is 12.8. The minimum atomic E-state index is 0.640. The van der Waals surface area contributed by atoms with Crippen LogP contribution in [0.1, 0.15) is 30.4 Å². The molecule has 0 radical (unpaired) electrons. The third kappa shape index (κ3) is 2.57. The van der Waals surface area contributed by atoms with E-state index >= 15 is 0 Å². The van der Waals surface area contributed by atoms with Crippen LogP contribution in [0.25, 0.3) is 0 Å². The molecule has 2 heterocycles. The van der Waals surface area contributed by atoms with Crippen LogP contribution >= 0.6 is 0 Å². The van der Waals surface area contributed by atoms with Crippen LogP contribution in [-0.2, 0) is 6.54 Å². The molecule has 20 heavy (non-hydrogen) atoms. The molecule has 2 aliphatic rings. The Morgan fingerprint density at radius 3 is 2.85 bits per heavy atom. The molecule has 0 bridgehead atoms. The monoisotopic (exact) mass is 273 g/mol. The molecule has 3 nitrogen and oxygen atoms in total. The van der Waals surface area contributed by atoms with Crippen LogP contribution in [0.5, 0.6) is 0 Å². The number of nitrogens with two attached hydrogens (primary N) is 1. The van der Waals surface area contributed by atoms with Crippen molar-refractivity contribution in [2.45, 2.75) is 38.8 Å². The first kappa shape index (κ1) is 13.9. The Balaban J connectivity index is 1.74. The molecule has 3 rings (SSSR count). The first-order valence-corrected chi connectivity index (χ1v) is 7.94. The van der Waals surface area contributed by atoms with Gasteiger partial charge < -0.3 is 15.5 Å². The van der Waals surface area contributed by atoms with Gasteiger partial charge in [-0.2, -0.15) is 0 Å². The van der Waals surface area contributed by atoms with Gasteiger partial charge in [0.05, 0.1) is 0 Å². The van der Waals surface area contributed by atoms with Crippen molar-refractivity contribution in [1.82, 2.24) is 4.90 Å². The highest BCUT2D eigenvalue weighted by Crippen LogP contribution is 2.32. The Kier molecular flexibility index (Phi) is 3.99. The summed E-state index contributed by atoms with van der Waals surface area (Å²) in [7, 11) is 2.30. The number of nitrogens with zero attached hydrogens (tertiary/aromatic N) is 2. The van der Waals surface area contributed by atoms with E-state index in [2.05, 4.69) is 42.0 Å². The Morgan fingerprint density at radius 2 is 2.10 bits per heavy atom. The van der Waals surface area contributed by atoms with Crippen molar-refractivity contribution in [2.75, 3.05) is 31.6 Å². The molecule has 2 saturated heterocycles. The van der Waals surface area contributed by atoms with Crippen LogP contribution in [0.3, 0.4) is 0 Å². The van der Waals surface area contributed by atoms with Crippen molar-refractivity contribution in [3.05, 3.63) is 29.3 Å². The van der Waals surface area contributed by atoms with E-state index in [1.54, 1.807) is 0 Å². The van der Waals surface area contributed by atoms with E-state index in [9.17, 15) is 0 Å². The van der Waals surface area contributed by atoms with E-state index in [0.29, 0.717) is 6.54 Å². The normalized spacial score (nSPS) is 27.4. The molecular weight excluding hydrogens is 246 g/mol. The van der Waals surface area contributed by atoms with E-state index in [4.69, 9.17) is 5.73 Å². The molecule has 0 spiro atoms. The molecule has 2 aliphatic heterocycles. The molecular formula is C17H27N3. The summed E-state index contributed by atoms with van der Waals surface area (Å²) in [6.07, 6.45) is 4.06. The number of benzene rings is 1. The molecule has 2 fully saturated rings. The van der Waals surface area contributed by atoms with Crippen molar-refractivity contribution in [1.29, 1.82) is 0 Å². The molecule has 110 valence electrons. The first-order chi connectivity index (χ1) is 9.69. The minimum absolute atomic E-state index is 0.640. The summed E-state index contributed by atoms with van der Waals surface area (Å²) in [6, 6.07) is 7.57. The third-order valence-corrected chi connectivity index (χ3v) is 5.26. The molecule has 0 aromatic heterocycles. The fourth-order valence-corrected chi connectivity index (χ4v) is 3.99. The summed E-state index contributed by atoms with van der Waals surface area (Å²) in [4.78, 5) is 5.15. The second-order valence-corrected chi connectivity index (χ2v) is 6.50. The van der Waals surface area contributed by atoms with Gasteiger partial charge in [0.25, 0.3) is 0 Å². The van der Waals surface area contributed by atoms with E-state index in [-0.39, 0.29) is 0 Å². The lowest BCUT2D eigenvalue weighted by Crippen LogP contribution is -2.52. The number of aryl methyl sites for hydroxylation is 1. The Labute approximate surface area is 122 Å². The van der Waals surface area contributed by atoms with Crippen LogP contribution in [-0.4, -0.2) is 37.6 Å². The summed E-state index contributed by atoms with van der Waals surface area (Å²) in [6.45, 7) is 6.50. The summed E-state index contributed by atoms with van der Waals surface area (Å²) >= 11 is 0. The van der Waals surface area contributed by atoms with Crippen LogP contribution in [0, 0.1) is 12.8 Å². The topological polar surface area (TPSA) is 32.5 Å². The van der Waals surface area contributed by atoms with Gasteiger partial charge in [-0.15, -0.1) is 0 Å². The summed E-state index contributed by atoms with van der Waals surface area (Å²) in [5.74, 6) is 0.844. The standard InChI is InChI=1S/C17H27N3/c1-13-10-16(6-5-14(13)11-18)20-9-7-17-15(12-20)4-3-8-19(17)2/h5-6,10,15,17H,3-4,7-9,11-12,18H2,1-2H3. The highest BCUT2D eigenvalue weighted by molar-refractivity contribution is 5.51. The van der Waals surface area contributed by atoms with Gasteiger partial charge in [-0.25, -0.2) is 0 Å². The highest BCUT2D eigenvalue weighted by Gasteiger charge is 2.34. The first-order valence-electron chi connectivity index (χ1n) is 7.94. The van der Waals surface area contributed by atoms with Crippen molar-refractivity contribution < 1.29 is 0 Å². The summed E-state index contributed by atoms with van der Waals surface area (Å²) < 4.78 is 0. The lowest BCUT2D eigenvalue weighted by atomic mass is 9.84. The maximum Gasteiger partial charge on any atom is 0.0369 e. The highest BCUT2D eigenvalue weighted by atomic mass is 15.2. The zero-order valence-electron chi connectivity index (χ0n) is 12.8. The molecule has 0 saturated carbocycles. The predicted octanol–water partition coefficient (Wildman–Crippen LogP) is 2.37. The Morgan fingerprint density at radius 1 is 1.25 bits per heavy atom. The van der Waals surface area contributed by atoms with E-state index < -0.39 is 0 Å². The number of anilines is 1. The SMILES string of the molecule is Cc1cc(N2CCC3C(CCCN3C)C2)ccc1CN. The van der Waals surface area contributed by atoms with E-state index in [0.717, 1.165) is 12.0 Å². The van der Waals surface area contributed by atoms with Gasteiger partial charge in [-0.1, -0.05) is 6.07 Å². The van der Waals surface area contributed by atoms with Crippen molar-refractivity contribution in [3.63, 3.8) is 0 Å². The number of piperidine rings is 2. The number of hydrogen-bond acceptors (Lipinski definition) is 3. The van der Waals surface area contributed by atoms with Crippen molar-refractivity contribution in [2.24, 2.45) is 11.7 Å². The van der Waals surface area contributed by atoms with Gasteiger partial charge in [0, 0.05) is 31.4 Å². The molecule has 0 amide bonds. The Hall–Kier alpha value is -1.06. The van der Waals surface area contributed by atoms with Gasteiger partial charge in [-0.3, -0.25) is 0 Å². The second-order valence-electron chi connectivity index (χ2n) is 6.50. The maximum atomic E-state index is 5.76. The van der Waals surface area contributed by atoms with Crippen LogP contribution < -0.4 is 10.6 Å². The quantitative estimate of drug-likeness (QED) is 0.898. The second kappa shape index (κ2) is 5.74. The largest absolute Gasteiger partial charge is 0.371 e. The average molecular weight is 273 g/mol. The van der Waals surface area contributed by atoms with Crippen LogP contribution in [0.4, 0.5) is 5.69 Å². The number of likely N-dealkylation sites (tertiary alicyclic amines) is 1. The van der Waals surface area contributed by atoms with Gasteiger partial charge >= 0.3 is 0 Å². The molecule has 2 atom stereocenters. The molecule has 3 heteroatoms. The lowest BCUT2D eigenvalue weighted by Gasteiger charge is -2.46. The smallest absolute Gasteiger partial charge is 0.0369 e. The average Bonchev–Trinajstić information content (AvgIpc) is 2.47. The number of hydrogen-bond donors (Lipinski definition) is 1. The maximum absolute atomic E-state index is 5.76. The lowest BCUT2D eigenvalue weighted by molar-refractivity contribution is 0.102. The zero-order chi connectivity index (χ0) is 14.1. The summed E-state index contributed by atoms with van der Waals surface area (Å²) in [5.41, 5.74) is 9.74. The molecule has 1 aromatic carbocycles. The predicted molar refractivity (Wildman–Crippen MR) is 85.0 cm³/mol. The van der Waals surface area contributed by atoms with Crippen LogP contribution in [0.15, 0.2) is 18.2 Å². The fraction of sp³-hybridized carbons (Fsp3) is 0.647. The molecule has 0 aliphatic carbocycles. The third-order valence-electron chi connectivity index (χ3n) is 5.26. The number of fused-ring (bicyclic) bond motifs is 1. The van der Waals surface area contributed by atoms with Crippen molar-refractivity contribution >= 4 is 5.69 Å². The minimum Gasteiger partial charge on any atom is -0.371 e. The molecule has 1 aromatic rings. The van der Waals surface area contributed by atoms with Gasteiger partial charge in [0.1, 0.15) is 0 Å². The molecule has 2 unspecified atom stereocenters. The summed E-state index contributed by atoms with van der Waals surface area (Å²) in [5, 5.41) is 0. The fourth-order valence-electron chi connectivity index (χ4n) is 3.99. The van der Waals surface area contributed by atoms with E-state index in [1.165, 1.54) is 55.7 Å². The van der Waals surface area contributed by atoms with Crippen molar-refractivity contribution in [3.8, 4) is 0 Å². The van der Waals surface area contributed by atoms with Crippen LogP contribution in [0.2, 0.25) is 0 Å². The van der Waals surface area contributed by atoms with Gasteiger partial charge in [-0.05, 0) is 69.0 Å². The van der Waals surface area contributed by atoms with E-state index in [1.807, 2.05) is 0 Å². The number of rotatable bonds is 2.